The van der Waals surface area contributed by atoms with E-state index in [0.29, 0.717) is 24.4 Å². The monoisotopic (exact) mass is 561 g/mol. The van der Waals surface area contributed by atoms with Crippen LogP contribution in [-0.4, -0.2) is 53.7 Å². The third-order valence-corrected chi connectivity index (χ3v) is 8.67. The molecule has 214 valence electrons. The predicted molar refractivity (Wildman–Crippen MR) is 146 cm³/mol. The quantitative estimate of drug-likeness (QED) is 0.320. The molecule has 1 aromatic carbocycles. The second-order valence-corrected chi connectivity index (χ2v) is 11.8. The number of carbonyl (C=O) groups is 4. The molecule has 3 amide bonds. The van der Waals surface area contributed by atoms with Crippen molar-refractivity contribution in [2.45, 2.75) is 95.2 Å². The Bertz CT molecular complexity index is 1030. The number of carbonyl (C=O) groups excluding carboxylic acids is 3. The van der Waals surface area contributed by atoms with Gasteiger partial charge in [-0.15, -0.1) is 0 Å². The SMILES string of the molecule is O=C(N[C@@H](CC1CCCCC1)C(=O)N[C@@H](CC1CCNC1=O)C(=O)O)OC1CCCC1Cc1cccc(Cl)c1. The van der Waals surface area contributed by atoms with Gasteiger partial charge >= 0.3 is 12.1 Å². The lowest BCUT2D eigenvalue weighted by Gasteiger charge is -2.28. The van der Waals surface area contributed by atoms with E-state index in [1.54, 1.807) is 0 Å². The molecule has 5 atom stereocenters. The molecule has 39 heavy (non-hydrogen) atoms. The Kier molecular flexibility index (Phi) is 10.5. The van der Waals surface area contributed by atoms with Crippen LogP contribution in [0.25, 0.3) is 0 Å². The van der Waals surface area contributed by atoms with Gasteiger partial charge in [-0.05, 0) is 68.6 Å². The Morgan fingerprint density at radius 2 is 1.79 bits per heavy atom. The largest absolute Gasteiger partial charge is 0.480 e. The molecule has 0 radical (unpaired) electrons. The van der Waals surface area contributed by atoms with E-state index >= 15 is 0 Å². The van der Waals surface area contributed by atoms with Crippen LogP contribution >= 0.6 is 11.6 Å². The van der Waals surface area contributed by atoms with Crippen LogP contribution in [0.1, 0.15) is 76.2 Å². The summed E-state index contributed by atoms with van der Waals surface area (Å²) < 4.78 is 5.84. The molecule has 0 bridgehead atoms. The van der Waals surface area contributed by atoms with E-state index in [2.05, 4.69) is 16.0 Å². The van der Waals surface area contributed by atoms with Crippen LogP contribution in [0.5, 0.6) is 0 Å². The van der Waals surface area contributed by atoms with Gasteiger partial charge in [-0.25, -0.2) is 9.59 Å². The number of amides is 3. The lowest BCUT2D eigenvalue weighted by atomic mass is 9.84. The van der Waals surface area contributed by atoms with E-state index in [4.69, 9.17) is 16.3 Å². The lowest BCUT2D eigenvalue weighted by Crippen LogP contribution is -2.53. The molecular weight excluding hydrogens is 522 g/mol. The van der Waals surface area contributed by atoms with Crippen molar-refractivity contribution in [2.75, 3.05) is 6.54 Å². The zero-order chi connectivity index (χ0) is 27.8. The fourth-order valence-electron chi connectivity index (χ4n) is 6.31. The van der Waals surface area contributed by atoms with Crippen LogP contribution in [0.15, 0.2) is 24.3 Å². The molecule has 0 spiro atoms. The van der Waals surface area contributed by atoms with Crippen molar-refractivity contribution in [3.05, 3.63) is 34.9 Å². The van der Waals surface area contributed by atoms with Gasteiger partial charge in [0.05, 0.1) is 0 Å². The fraction of sp³-hybridized carbons (Fsp3) is 0.655. The van der Waals surface area contributed by atoms with Gasteiger partial charge in [-0.3, -0.25) is 9.59 Å². The summed E-state index contributed by atoms with van der Waals surface area (Å²) in [4.78, 5) is 50.3. The Labute approximate surface area is 234 Å². The Hall–Kier alpha value is -2.81. The molecule has 3 fully saturated rings. The minimum absolute atomic E-state index is 0.0146. The molecule has 4 N–H and O–H groups in total. The van der Waals surface area contributed by atoms with Gasteiger partial charge in [-0.1, -0.05) is 55.8 Å². The van der Waals surface area contributed by atoms with Crippen LogP contribution in [0, 0.1) is 17.8 Å². The summed E-state index contributed by atoms with van der Waals surface area (Å²) in [7, 11) is 0. The molecule has 4 rings (SSSR count). The van der Waals surface area contributed by atoms with E-state index < -0.39 is 36.0 Å². The summed E-state index contributed by atoms with van der Waals surface area (Å²) in [6.07, 6.45) is 8.68. The van der Waals surface area contributed by atoms with Gasteiger partial charge in [-0.2, -0.15) is 0 Å². The van der Waals surface area contributed by atoms with Crippen LogP contribution in [0.3, 0.4) is 0 Å². The van der Waals surface area contributed by atoms with E-state index in [1.807, 2.05) is 24.3 Å². The zero-order valence-corrected chi connectivity index (χ0v) is 23.1. The highest BCUT2D eigenvalue weighted by molar-refractivity contribution is 6.30. The van der Waals surface area contributed by atoms with Crippen molar-refractivity contribution >= 4 is 35.5 Å². The molecular formula is C29H40ClN3O6. The van der Waals surface area contributed by atoms with Crippen molar-refractivity contribution in [1.82, 2.24) is 16.0 Å². The van der Waals surface area contributed by atoms with E-state index in [0.717, 1.165) is 63.4 Å². The first kappa shape index (κ1) is 29.2. The number of aliphatic carboxylic acids is 1. The van der Waals surface area contributed by atoms with Crippen molar-refractivity contribution in [1.29, 1.82) is 0 Å². The van der Waals surface area contributed by atoms with Crippen molar-refractivity contribution in [3.8, 4) is 0 Å². The van der Waals surface area contributed by atoms with Crippen molar-refractivity contribution in [3.63, 3.8) is 0 Å². The predicted octanol–water partition coefficient (Wildman–Crippen LogP) is 4.21. The molecule has 2 aliphatic carbocycles. The van der Waals surface area contributed by atoms with Gasteiger partial charge < -0.3 is 25.8 Å². The fourth-order valence-corrected chi connectivity index (χ4v) is 6.52. The second-order valence-electron chi connectivity index (χ2n) is 11.3. The number of hydrogen-bond acceptors (Lipinski definition) is 5. The molecule has 1 aromatic rings. The molecule has 1 heterocycles. The van der Waals surface area contributed by atoms with Crippen LogP contribution < -0.4 is 16.0 Å². The van der Waals surface area contributed by atoms with Crippen molar-refractivity contribution in [2.24, 2.45) is 17.8 Å². The zero-order valence-electron chi connectivity index (χ0n) is 22.3. The molecule has 9 nitrogen and oxygen atoms in total. The number of hydrogen-bond donors (Lipinski definition) is 4. The smallest absolute Gasteiger partial charge is 0.408 e. The number of carboxylic acids is 1. The summed E-state index contributed by atoms with van der Waals surface area (Å²) in [5, 5.41) is 18.5. The van der Waals surface area contributed by atoms with Gasteiger partial charge in [0.25, 0.3) is 0 Å². The Morgan fingerprint density at radius 3 is 2.49 bits per heavy atom. The van der Waals surface area contributed by atoms with E-state index in [1.165, 1.54) is 0 Å². The minimum atomic E-state index is -1.21. The number of benzene rings is 1. The molecule has 10 heteroatoms. The number of rotatable bonds is 11. The first-order valence-electron chi connectivity index (χ1n) is 14.3. The van der Waals surface area contributed by atoms with Gasteiger partial charge in [0.1, 0.15) is 18.2 Å². The summed E-state index contributed by atoms with van der Waals surface area (Å²) >= 11 is 6.14. The summed E-state index contributed by atoms with van der Waals surface area (Å²) in [6.45, 7) is 0.501. The first-order chi connectivity index (χ1) is 18.8. The highest BCUT2D eigenvalue weighted by atomic mass is 35.5. The summed E-state index contributed by atoms with van der Waals surface area (Å²) in [5.41, 5.74) is 1.09. The maximum atomic E-state index is 13.3. The topological polar surface area (TPSA) is 134 Å². The normalized spacial score (nSPS) is 24.9. The third kappa shape index (κ3) is 8.59. The average Bonchev–Trinajstić information content (AvgIpc) is 3.51. The highest BCUT2D eigenvalue weighted by Gasteiger charge is 2.35. The van der Waals surface area contributed by atoms with Crippen LogP contribution in [0.2, 0.25) is 5.02 Å². The van der Waals surface area contributed by atoms with Crippen LogP contribution in [-0.2, 0) is 25.5 Å². The van der Waals surface area contributed by atoms with Crippen LogP contribution in [0.4, 0.5) is 4.79 Å². The van der Waals surface area contributed by atoms with E-state index in [-0.39, 0.29) is 30.3 Å². The first-order valence-corrected chi connectivity index (χ1v) is 14.7. The molecule has 3 aliphatic rings. The lowest BCUT2D eigenvalue weighted by molar-refractivity contribution is -0.143. The third-order valence-electron chi connectivity index (χ3n) is 8.43. The van der Waals surface area contributed by atoms with E-state index in [9.17, 15) is 24.3 Å². The molecule has 3 unspecified atom stereocenters. The minimum Gasteiger partial charge on any atom is -0.480 e. The van der Waals surface area contributed by atoms with Gasteiger partial charge in [0, 0.05) is 23.4 Å². The number of ether oxygens (including phenoxy) is 1. The molecule has 1 aliphatic heterocycles. The summed E-state index contributed by atoms with van der Waals surface area (Å²) in [6, 6.07) is 5.56. The molecule has 0 aromatic heterocycles. The highest BCUT2D eigenvalue weighted by Crippen LogP contribution is 2.32. The van der Waals surface area contributed by atoms with Gasteiger partial charge in [0.15, 0.2) is 0 Å². The number of nitrogens with one attached hydrogen (secondary N) is 3. The number of carboxylic acid groups (broad SMARTS) is 1. The standard InChI is InChI=1S/C29H40ClN3O6/c30-22-10-4-8-19(15-22)14-20-9-5-11-25(20)39-29(38)33-23(16-18-6-2-1-3-7-18)27(35)32-24(28(36)37)17-21-12-13-31-26(21)34/h4,8,10,15,18,20-21,23-25H,1-3,5-7,9,11-14,16-17H2,(H,31,34)(H,32,35)(H,33,38)(H,36,37)/t20?,21?,23-,24-,25?/m0/s1. The van der Waals surface area contributed by atoms with Gasteiger partial charge in [0.2, 0.25) is 11.8 Å². The number of alkyl carbamates (subject to hydrolysis) is 1. The molecule has 1 saturated heterocycles. The summed E-state index contributed by atoms with van der Waals surface area (Å²) in [5.74, 6) is -1.98. The maximum Gasteiger partial charge on any atom is 0.408 e. The number of halogens is 1. The molecule has 2 saturated carbocycles. The Balaban J connectivity index is 1.38. The average molecular weight is 562 g/mol. The second kappa shape index (κ2) is 14.0. The maximum absolute atomic E-state index is 13.3. The Morgan fingerprint density at radius 1 is 1.00 bits per heavy atom. The van der Waals surface area contributed by atoms with Crippen molar-refractivity contribution < 1.29 is 29.0 Å².